The van der Waals surface area contributed by atoms with Crippen LogP contribution in [-0.4, -0.2) is 54.6 Å². The lowest BCUT2D eigenvalue weighted by atomic mass is 10.0. The van der Waals surface area contributed by atoms with Gasteiger partial charge in [-0.2, -0.15) is 18.6 Å². The molecule has 10 nitrogen and oxygen atoms in total. The Balaban J connectivity index is 2.18. The number of hydrazine groups is 1. The summed E-state index contributed by atoms with van der Waals surface area (Å²) in [5.74, 6) is -2.79. The molecular formula is C15H13F6N3O7. The van der Waals surface area contributed by atoms with E-state index in [4.69, 9.17) is 9.84 Å². The number of hydrogen-bond donors (Lipinski definition) is 2. The summed E-state index contributed by atoms with van der Waals surface area (Å²) in [7, 11) is 0. The molecule has 1 aromatic rings. The molecule has 1 aliphatic rings. The van der Waals surface area contributed by atoms with Gasteiger partial charge in [0.15, 0.2) is 0 Å². The zero-order valence-electron chi connectivity index (χ0n) is 15.1. The van der Waals surface area contributed by atoms with Crippen LogP contribution < -0.4 is 14.9 Å². The van der Waals surface area contributed by atoms with Crippen LogP contribution in [0.5, 0.6) is 11.5 Å². The Morgan fingerprint density at radius 1 is 1.29 bits per heavy atom. The van der Waals surface area contributed by atoms with Gasteiger partial charge < -0.3 is 29.4 Å². The van der Waals surface area contributed by atoms with E-state index in [1.807, 2.05) is 5.43 Å². The molecule has 0 spiro atoms. The van der Waals surface area contributed by atoms with Gasteiger partial charge in [0.1, 0.15) is 11.5 Å². The van der Waals surface area contributed by atoms with Crippen molar-refractivity contribution in [1.82, 2.24) is 5.43 Å². The third-order valence-electron chi connectivity index (χ3n) is 3.32. The number of rotatable bonds is 8. The fourth-order valence-corrected chi connectivity index (χ4v) is 2.20. The molecule has 0 radical (unpaired) electrons. The number of aliphatic hydroxyl groups excluding tert-OH is 1. The first-order chi connectivity index (χ1) is 14.4. The quantitative estimate of drug-likeness (QED) is 0.115. The maximum atomic E-state index is 13.3. The molecule has 0 saturated carbocycles. The molecule has 2 rings (SSSR count). The summed E-state index contributed by atoms with van der Waals surface area (Å²) in [5.41, 5.74) is 0.567. The molecule has 1 atom stereocenters. The van der Waals surface area contributed by atoms with Crippen LogP contribution in [0.3, 0.4) is 0 Å². The van der Waals surface area contributed by atoms with Crippen molar-refractivity contribution in [3.05, 3.63) is 34.5 Å². The lowest BCUT2D eigenvalue weighted by Crippen LogP contribution is -2.40. The second-order valence-corrected chi connectivity index (χ2v) is 5.55. The van der Waals surface area contributed by atoms with Crippen molar-refractivity contribution >= 4 is 12.0 Å². The van der Waals surface area contributed by atoms with Crippen molar-refractivity contribution in [3.63, 3.8) is 0 Å². The first kappa shape index (κ1) is 23.8. The lowest BCUT2D eigenvalue weighted by molar-refractivity contribution is -0.615. The smallest absolute Gasteiger partial charge is 0.569 e. The van der Waals surface area contributed by atoms with Gasteiger partial charge in [-0.25, -0.2) is 4.79 Å². The van der Waals surface area contributed by atoms with Gasteiger partial charge in [0.25, 0.3) is 6.79 Å². The minimum atomic E-state index is -5.07. The van der Waals surface area contributed by atoms with E-state index < -0.39 is 55.1 Å². The molecule has 0 aromatic heterocycles. The fourth-order valence-electron chi connectivity index (χ4n) is 2.20. The summed E-state index contributed by atoms with van der Waals surface area (Å²) in [4.78, 5) is 16.1. The van der Waals surface area contributed by atoms with Gasteiger partial charge in [0, 0.05) is 5.56 Å². The van der Waals surface area contributed by atoms with Gasteiger partial charge in [-0.1, -0.05) is 0 Å². The van der Waals surface area contributed by atoms with Crippen LogP contribution in [0.2, 0.25) is 0 Å². The lowest BCUT2D eigenvalue weighted by Gasteiger charge is -2.27. The standard InChI is InChI=1S/C15H13F6N3O7/c16-14(17,18)12-10(13(26)28-7-29-23-24(27)22-3-4-25)6-8-5-9(31-15(19,20)21)1-2-11(8)30-12/h1-2,5-6,12,25H,3-4,7H2,(H,22,23)/t12-/m0/s1. The maximum Gasteiger partial charge on any atom is 0.573 e. The first-order valence-electron chi connectivity index (χ1n) is 8.07. The summed E-state index contributed by atoms with van der Waals surface area (Å²) in [6.45, 7) is -1.68. The molecule has 1 aliphatic heterocycles. The van der Waals surface area contributed by atoms with Crippen LogP contribution in [-0.2, 0) is 14.4 Å². The van der Waals surface area contributed by atoms with Gasteiger partial charge >= 0.3 is 18.5 Å². The average molecular weight is 461 g/mol. The molecule has 2 N–H and O–H groups in total. The topological polar surface area (TPSA) is 125 Å². The molecule has 172 valence electrons. The van der Waals surface area contributed by atoms with Crippen molar-refractivity contribution < 1.29 is 60.3 Å². The number of nitrogens with one attached hydrogen (secondary N) is 1. The van der Waals surface area contributed by atoms with Gasteiger partial charge in [0.05, 0.1) is 23.7 Å². The number of halogens is 6. The second kappa shape index (κ2) is 9.59. The number of benzene rings is 1. The first-order valence-corrected chi connectivity index (χ1v) is 8.07. The van der Waals surface area contributed by atoms with Crippen molar-refractivity contribution in [1.29, 1.82) is 0 Å². The van der Waals surface area contributed by atoms with Crippen molar-refractivity contribution in [3.8, 4) is 11.5 Å². The molecule has 1 aromatic carbocycles. The fraction of sp³-hybridized carbons (Fsp3) is 0.400. The Labute approximate surface area is 168 Å². The normalized spacial score (nSPS) is 16.5. The van der Waals surface area contributed by atoms with E-state index >= 15 is 0 Å². The second-order valence-electron chi connectivity index (χ2n) is 5.55. The Morgan fingerprint density at radius 2 is 2.00 bits per heavy atom. The highest BCUT2D eigenvalue weighted by molar-refractivity contribution is 5.96. The van der Waals surface area contributed by atoms with Crippen LogP contribution >= 0.6 is 0 Å². The Hall–Kier alpha value is -3.43. The third kappa shape index (κ3) is 7.09. The highest BCUT2D eigenvalue weighted by atomic mass is 19.4. The zero-order chi connectivity index (χ0) is 23.2. The van der Waals surface area contributed by atoms with Crippen molar-refractivity contribution in [2.45, 2.75) is 18.6 Å². The van der Waals surface area contributed by atoms with Crippen LogP contribution in [0.25, 0.3) is 6.08 Å². The monoisotopic (exact) mass is 461 g/mol. The van der Waals surface area contributed by atoms with E-state index in [2.05, 4.69) is 19.6 Å². The van der Waals surface area contributed by atoms with E-state index in [1.54, 1.807) is 0 Å². The summed E-state index contributed by atoms with van der Waals surface area (Å²) in [6.07, 6.45) is -12.3. The summed E-state index contributed by atoms with van der Waals surface area (Å²) < 4.78 is 89.7. The molecule has 0 amide bonds. The summed E-state index contributed by atoms with van der Waals surface area (Å²) >= 11 is 0. The number of aliphatic hydroxyl groups is 1. The number of nitrogens with zero attached hydrogens (tertiary/aromatic N) is 2. The summed E-state index contributed by atoms with van der Waals surface area (Å²) in [6, 6.07) is 2.28. The highest BCUT2D eigenvalue weighted by Crippen LogP contribution is 2.39. The number of fused-ring (bicyclic) bond motifs is 1. The Bertz CT molecular complexity index is 856. The van der Waals surface area contributed by atoms with Crippen molar-refractivity contribution in [2.75, 3.05) is 19.9 Å². The molecule has 0 fully saturated rings. The third-order valence-corrected chi connectivity index (χ3v) is 3.32. The van der Waals surface area contributed by atoms with Crippen LogP contribution in [0, 0.1) is 5.21 Å². The van der Waals surface area contributed by atoms with Crippen LogP contribution in [0.1, 0.15) is 5.56 Å². The predicted octanol–water partition coefficient (Wildman–Crippen LogP) is 2.18. The Morgan fingerprint density at radius 3 is 2.61 bits per heavy atom. The summed E-state index contributed by atoms with van der Waals surface area (Å²) in [5, 5.41) is 22.3. The number of alkyl halides is 6. The highest BCUT2D eigenvalue weighted by Gasteiger charge is 2.49. The van der Waals surface area contributed by atoms with Gasteiger partial charge in [0.2, 0.25) is 11.4 Å². The molecule has 16 heteroatoms. The minimum absolute atomic E-state index is 0.187. The predicted molar refractivity (Wildman–Crippen MR) is 84.8 cm³/mol. The molecule has 0 unspecified atom stereocenters. The van der Waals surface area contributed by atoms with E-state index in [0.29, 0.717) is 6.08 Å². The number of hydrogen-bond acceptors (Lipinski definition) is 8. The van der Waals surface area contributed by atoms with Crippen LogP contribution in [0.15, 0.2) is 29.0 Å². The number of esters is 1. The van der Waals surface area contributed by atoms with Gasteiger partial charge in [-0.3, -0.25) is 0 Å². The largest absolute Gasteiger partial charge is 0.573 e. The van der Waals surface area contributed by atoms with E-state index in [9.17, 15) is 36.3 Å². The molecule has 0 aliphatic carbocycles. The SMILES string of the molecule is O=C(OCO/N=[N+](\[O-])NCCO)C1=Cc2cc(OC(F)(F)F)ccc2O[C@@H]1C(F)(F)F. The van der Waals surface area contributed by atoms with Crippen LogP contribution in [0.4, 0.5) is 26.3 Å². The van der Waals surface area contributed by atoms with E-state index in [0.717, 1.165) is 18.2 Å². The maximum absolute atomic E-state index is 13.3. The van der Waals surface area contributed by atoms with E-state index in [-0.39, 0.29) is 17.1 Å². The molecule has 0 saturated heterocycles. The Kier molecular flexibility index (Phi) is 7.37. The minimum Gasteiger partial charge on any atom is -0.569 e. The van der Waals surface area contributed by atoms with Crippen molar-refractivity contribution in [2.24, 2.45) is 5.28 Å². The van der Waals surface area contributed by atoms with E-state index in [1.165, 1.54) is 0 Å². The average Bonchev–Trinajstić information content (AvgIpc) is 2.66. The van der Waals surface area contributed by atoms with Gasteiger partial charge in [-0.05, 0) is 24.3 Å². The zero-order valence-corrected chi connectivity index (χ0v) is 15.1. The van der Waals surface area contributed by atoms with Gasteiger partial charge in [-0.15, -0.1) is 13.2 Å². The number of carbonyl (C=O) groups is 1. The number of ether oxygens (including phenoxy) is 3. The molecule has 31 heavy (non-hydrogen) atoms. The number of carbonyl (C=O) groups excluding carboxylic acids is 1. The molecule has 1 heterocycles. The molecule has 0 bridgehead atoms. The molecular weight excluding hydrogens is 448 g/mol.